The maximum absolute atomic E-state index is 11.5. The second-order valence-corrected chi connectivity index (χ2v) is 7.49. The topological polar surface area (TPSA) is 143 Å². The Kier molecular flexibility index (Phi) is 12.5. The fourth-order valence-corrected chi connectivity index (χ4v) is 3.57. The summed E-state index contributed by atoms with van der Waals surface area (Å²) in [5, 5.41) is -0.617. The first-order valence-corrected chi connectivity index (χ1v) is 11.9. The van der Waals surface area contributed by atoms with E-state index in [0.29, 0.717) is 0 Å². The molecule has 0 aromatic heterocycles. The highest BCUT2D eigenvalue weighted by atomic mass is 32.2. The zero-order valence-corrected chi connectivity index (χ0v) is 19.2. The third-order valence-electron chi connectivity index (χ3n) is 3.11. The molecule has 0 bridgehead atoms. The maximum Gasteiger partial charge on any atom is 0.295 e. The quantitative estimate of drug-likeness (QED) is 0.397. The van der Waals surface area contributed by atoms with Gasteiger partial charge in [0.15, 0.2) is 5.78 Å². The molecule has 0 unspecified atom stereocenters. The Labute approximate surface area is 172 Å². The zero-order chi connectivity index (χ0) is 23.6. The van der Waals surface area contributed by atoms with Crippen molar-refractivity contribution in [1.82, 2.24) is 0 Å². The number of Topliss-reactive ketones (excluding diaryl/α,β-unsaturated/α-hetero) is 1. The largest absolute Gasteiger partial charge is 0.298 e. The van der Waals surface area contributed by atoms with E-state index in [4.69, 9.17) is 0 Å². The molecular weight excluding hydrogens is 420 g/mol. The number of hydrogen-bond acceptors (Lipinski definition) is 6. The molecule has 0 saturated carbocycles. The Balaban J connectivity index is 0. The van der Waals surface area contributed by atoms with E-state index in [-0.39, 0.29) is 28.2 Å². The van der Waals surface area contributed by atoms with Crippen LogP contribution in [0.5, 0.6) is 0 Å². The number of rotatable bonds is 4. The predicted molar refractivity (Wildman–Crippen MR) is 113 cm³/mol. The van der Waals surface area contributed by atoms with E-state index in [1.165, 1.54) is 0 Å². The van der Waals surface area contributed by atoms with Crippen LogP contribution >= 0.6 is 0 Å². The van der Waals surface area contributed by atoms with Gasteiger partial charge in [-0.2, -0.15) is 16.8 Å². The van der Waals surface area contributed by atoms with Gasteiger partial charge in [-0.15, -0.1) is 0 Å². The van der Waals surface area contributed by atoms with Gasteiger partial charge in [0, 0.05) is 21.9 Å². The summed E-state index contributed by atoms with van der Waals surface area (Å²) in [6.45, 7) is 13.1. The van der Waals surface area contributed by atoms with Crippen molar-refractivity contribution in [2.75, 3.05) is 0 Å². The molecule has 0 fully saturated rings. The first kappa shape index (κ1) is 29.1. The fourth-order valence-electron chi connectivity index (χ4n) is 2.11. The average Bonchev–Trinajstić information content (AvgIpc) is 2.69. The lowest BCUT2D eigenvalue weighted by molar-refractivity contribution is 0.101. The molecule has 0 atom stereocenters. The highest BCUT2D eigenvalue weighted by Crippen LogP contribution is 2.31. The minimum Gasteiger partial charge on any atom is -0.298 e. The van der Waals surface area contributed by atoms with E-state index >= 15 is 0 Å². The summed E-state index contributed by atoms with van der Waals surface area (Å²) in [4.78, 5) is 20.9. The number of carbonyl (C=O) groups excluding carboxylic acids is 2. The Bertz CT molecular complexity index is 1050. The van der Waals surface area contributed by atoms with E-state index in [1.807, 2.05) is 41.5 Å². The first-order chi connectivity index (χ1) is 13.4. The summed E-state index contributed by atoms with van der Waals surface area (Å²) in [6, 6.07) is 3.79. The van der Waals surface area contributed by atoms with Gasteiger partial charge in [-0.1, -0.05) is 41.5 Å². The van der Waals surface area contributed by atoms with E-state index < -0.39 is 35.8 Å². The van der Waals surface area contributed by atoms with E-state index in [0.717, 1.165) is 31.2 Å². The van der Waals surface area contributed by atoms with Gasteiger partial charge in [-0.05, 0) is 31.2 Å². The van der Waals surface area contributed by atoms with E-state index in [2.05, 4.69) is 0 Å². The minimum absolute atomic E-state index is 0.186. The van der Waals surface area contributed by atoms with Gasteiger partial charge >= 0.3 is 0 Å². The van der Waals surface area contributed by atoms with Gasteiger partial charge in [-0.25, -0.2) is 0 Å². The molecule has 8 nitrogen and oxygen atoms in total. The zero-order valence-electron chi connectivity index (χ0n) is 17.5. The molecule has 2 rings (SSSR count). The standard InChI is InChI=1S/C13H10O8S2.3C2H6/c1-7(15)9-4-11-10(13(5-9)23(19,20)21)2-8(6-14)3-12(11)22(16,17)18;3*1-2/h2-6H,1H3,(H,16,17,18)(H,19,20,21);3*1-2H3. The first-order valence-electron chi connectivity index (χ1n) is 8.98. The van der Waals surface area contributed by atoms with Crippen LogP contribution in [-0.4, -0.2) is 38.0 Å². The third kappa shape index (κ3) is 7.65. The van der Waals surface area contributed by atoms with Crippen molar-refractivity contribution in [2.24, 2.45) is 0 Å². The fraction of sp³-hybridized carbons (Fsp3) is 0.368. The van der Waals surface area contributed by atoms with Crippen molar-refractivity contribution >= 4 is 43.1 Å². The van der Waals surface area contributed by atoms with Crippen LogP contribution in [0.1, 0.15) is 69.2 Å². The highest BCUT2D eigenvalue weighted by molar-refractivity contribution is 7.86. The number of carbonyl (C=O) groups is 2. The molecule has 0 aliphatic carbocycles. The molecule has 2 aromatic rings. The molecule has 0 radical (unpaired) electrons. The molecule has 0 aliphatic heterocycles. The van der Waals surface area contributed by atoms with Crippen molar-refractivity contribution in [2.45, 2.75) is 58.3 Å². The van der Waals surface area contributed by atoms with Gasteiger partial charge in [0.25, 0.3) is 20.2 Å². The lowest BCUT2D eigenvalue weighted by Gasteiger charge is -2.10. The SMILES string of the molecule is CC.CC.CC.CC(=O)c1cc(S(=O)(=O)O)c2cc(C=O)cc(S(=O)(=O)O)c2c1. The third-order valence-corrected chi connectivity index (χ3v) is 4.90. The van der Waals surface area contributed by atoms with Crippen LogP contribution in [0.15, 0.2) is 34.1 Å². The number of benzene rings is 2. The number of ketones is 1. The normalized spacial score (nSPS) is 10.4. The maximum atomic E-state index is 11.5. The average molecular weight is 449 g/mol. The molecule has 164 valence electrons. The van der Waals surface area contributed by atoms with Gasteiger partial charge in [0.2, 0.25) is 0 Å². The molecule has 29 heavy (non-hydrogen) atoms. The van der Waals surface area contributed by atoms with Crippen LogP contribution in [0.2, 0.25) is 0 Å². The van der Waals surface area contributed by atoms with Gasteiger partial charge in [0.1, 0.15) is 16.1 Å². The summed E-state index contributed by atoms with van der Waals surface area (Å²) < 4.78 is 64.7. The van der Waals surface area contributed by atoms with Crippen molar-refractivity contribution in [3.8, 4) is 0 Å². The Morgan fingerprint density at radius 3 is 1.48 bits per heavy atom. The summed E-state index contributed by atoms with van der Waals surface area (Å²) in [7, 11) is -9.63. The molecule has 0 amide bonds. The molecule has 10 heteroatoms. The van der Waals surface area contributed by atoms with Crippen LogP contribution in [-0.2, 0) is 20.2 Å². The van der Waals surface area contributed by atoms with E-state index in [1.54, 1.807) is 0 Å². The molecule has 0 spiro atoms. The Morgan fingerprint density at radius 1 is 0.759 bits per heavy atom. The Hall–Kier alpha value is -2.14. The van der Waals surface area contributed by atoms with Crippen LogP contribution < -0.4 is 0 Å². The van der Waals surface area contributed by atoms with Crippen LogP contribution in [0.4, 0.5) is 0 Å². The van der Waals surface area contributed by atoms with Gasteiger partial charge < -0.3 is 0 Å². The van der Waals surface area contributed by atoms with E-state index in [9.17, 15) is 35.5 Å². The van der Waals surface area contributed by atoms with Crippen LogP contribution in [0.3, 0.4) is 0 Å². The lowest BCUT2D eigenvalue weighted by atomic mass is 10.0. The van der Waals surface area contributed by atoms with Crippen molar-refractivity contribution in [3.05, 3.63) is 35.4 Å². The minimum atomic E-state index is -4.82. The van der Waals surface area contributed by atoms with Crippen LogP contribution in [0, 0.1) is 0 Å². The number of hydrogen-bond donors (Lipinski definition) is 2. The molecule has 2 aromatic carbocycles. The smallest absolute Gasteiger partial charge is 0.295 e. The van der Waals surface area contributed by atoms with Crippen LogP contribution in [0.25, 0.3) is 10.8 Å². The monoisotopic (exact) mass is 448 g/mol. The predicted octanol–water partition coefficient (Wildman–Crippen LogP) is 4.43. The number of fused-ring (bicyclic) bond motifs is 1. The molecule has 0 heterocycles. The molecular formula is C19H28O8S2. The summed E-state index contributed by atoms with van der Waals surface area (Å²) >= 11 is 0. The van der Waals surface area contributed by atoms with Crippen molar-refractivity contribution in [1.29, 1.82) is 0 Å². The van der Waals surface area contributed by atoms with Gasteiger partial charge in [-0.3, -0.25) is 18.7 Å². The van der Waals surface area contributed by atoms with Gasteiger partial charge in [0.05, 0.1) is 0 Å². The molecule has 2 N–H and O–H groups in total. The Morgan fingerprint density at radius 2 is 1.14 bits per heavy atom. The summed E-state index contributed by atoms with van der Waals surface area (Å²) in [6.07, 6.45) is 0.251. The second-order valence-electron chi connectivity index (χ2n) is 4.71. The molecule has 0 saturated heterocycles. The lowest BCUT2D eigenvalue weighted by Crippen LogP contribution is -2.06. The molecule has 0 aliphatic rings. The summed E-state index contributed by atoms with van der Waals surface area (Å²) in [5.41, 5.74) is -0.417. The van der Waals surface area contributed by atoms with Crippen molar-refractivity contribution < 1.29 is 35.5 Å². The summed E-state index contributed by atoms with van der Waals surface area (Å²) in [5.74, 6) is -0.586. The number of aldehydes is 1. The second kappa shape index (κ2) is 12.4. The van der Waals surface area contributed by atoms with Crippen molar-refractivity contribution in [3.63, 3.8) is 0 Å². The highest BCUT2D eigenvalue weighted by Gasteiger charge is 2.23.